The summed E-state index contributed by atoms with van der Waals surface area (Å²) in [5.41, 5.74) is 2.94. The van der Waals surface area contributed by atoms with Crippen LogP contribution < -0.4 is 0 Å². The summed E-state index contributed by atoms with van der Waals surface area (Å²) in [6.45, 7) is 0. The Morgan fingerprint density at radius 1 is 1.29 bits per heavy atom. The van der Waals surface area contributed by atoms with Gasteiger partial charge in [-0.2, -0.15) is 0 Å². The van der Waals surface area contributed by atoms with E-state index < -0.39 is 0 Å². The van der Waals surface area contributed by atoms with E-state index in [9.17, 15) is 4.79 Å². The molecule has 0 saturated carbocycles. The molecule has 2 aromatic rings. The van der Waals surface area contributed by atoms with Gasteiger partial charge in [0, 0.05) is 23.7 Å². The maximum absolute atomic E-state index is 11.7. The molecule has 0 saturated heterocycles. The Hall–Kier alpha value is -1.83. The van der Waals surface area contributed by atoms with Gasteiger partial charge in [0.15, 0.2) is 5.78 Å². The maximum Gasteiger partial charge on any atom is 0.183 e. The van der Waals surface area contributed by atoms with E-state index in [-0.39, 0.29) is 5.78 Å². The monoisotopic (exact) mass is 183 g/mol. The van der Waals surface area contributed by atoms with E-state index in [1.807, 2.05) is 47.0 Å². The number of Topliss-reactive ketones (excluding diaryl/α,β-unsaturated/α-hetero) is 1. The fourth-order valence-corrected chi connectivity index (χ4v) is 1.96. The topological polar surface area (TPSA) is 21.5 Å². The highest BCUT2D eigenvalue weighted by Crippen LogP contribution is 2.23. The summed E-state index contributed by atoms with van der Waals surface area (Å²) in [4.78, 5) is 11.7. The number of hydrogen-bond acceptors (Lipinski definition) is 1. The summed E-state index contributed by atoms with van der Waals surface area (Å²) in [6.07, 6.45) is 6.40. The number of ketones is 1. The van der Waals surface area contributed by atoms with Crippen LogP contribution in [0.1, 0.15) is 22.5 Å². The quantitative estimate of drug-likeness (QED) is 0.615. The second-order valence-electron chi connectivity index (χ2n) is 3.47. The van der Waals surface area contributed by atoms with E-state index in [1.165, 1.54) is 0 Å². The van der Waals surface area contributed by atoms with Crippen molar-refractivity contribution in [2.24, 2.45) is 0 Å². The smallest absolute Gasteiger partial charge is 0.183 e. The Balaban J connectivity index is 2.46. The molecule has 0 unspecified atom stereocenters. The van der Waals surface area contributed by atoms with Crippen molar-refractivity contribution in [3.63, 3.8) is 0 Å². The van der Waals surface area contributed by atoms with Crippen molar-refractivity contribution in [3.05, 3.63) is 47.8 Å². The van der Waals surface area contributed by atoms with E-state index >= 15 is 0 Å². The van der Waals surface area contributed by atoms with Gasteiger partial charge >= 0.3 is 0 Å². The first kappa shape index (κ1) is 7.56. The van der Waals surface area contributed by atoms with Gasteiger partial charge in [-0.25, -0.2) is 0 Å². The number of rotatable bonds is 0. The SMILES string of the molecule is O=C1CC=Cc2cc3ccccn3c21. The molecule has 3 rings (SSSR count). The number of pyridine rings is 1. The van der Waals surface area contributed by atoms with E-state index in [2.05, 4.69) is 0 Å². The van der Waals surface area contributed by atoms with Gasteiger partial charge in [-0.3, -0.25) is 4.79 Å². The first-order valence-corrected chi connectivity index (χ1v) is 4.66. The Morgan fingerprint density at radius 2 is 2.21 bits per heavy atom. The maximum atomic E-state index is 11.7. The summed E-state index contributed by atoms with van der Waals surface area (Å²) >= 11 is 0. The van der Waals surface area contributed by atoms with Gasteiger partial charge in [0.05, 0.1) is 5.69 Å². The minimum Gasteiger partial charge on any atom is -0.313 e. The normalized spacial score (nSPS) is 14.7. The average Bonchev–Trinajstić information content (AvgIpc) is 2.57. The molecule has 2 heteroatoms. The molecule has 1 aliphatic carbocycles. The number of hydrogen-bond donors (Lipinski definition) is 0. The van der Waals surface area contributed by atoms with Crippen LogP contribution in [0.4, 0.5) is 0 Å². The van der Waals surface area contributed by atoms with Crippen molar-refractivity contribution in [2.75, 3.05) is 0 Å². The molecule has 0 N–H and O–H groups in total. The molecule has 0 amide bonds. The van der Waals surface area contributed by atoms with Crippen LogP contribution in [0.15, 0.2) is 36.5 Å². The van der Waals surface area contributed by atoms with Crippen LogP contribution in [0.25, 0.3) is 11.6 Å². The van der Waals surface area contributed by atoms with E-state index in [0.717, 1.165) is 16.8 Å². The second-order valence-corrected chi connectivity index (χ2v) is 3.47. The highest BCUT2D eigenvalue weighted by Gasteiger charge is 2.17. The summed E-state index contributed by atoms with van der Waals surface area (Å²) in [6, 6.07) is 7.98. The molecule has 2 aromatic heterocycles. The third kappa shape index (κ3) is 0.880. The molecule has 0 bridgehead atoms. The van der Waals surface area contributed by atoms with Crippen LogP contribution in [-0.4, -0.2) is 10.2 Å². The zero-order valence-corrected chi connectivity index (χ0v) is 7.60. The number of aromatic nitrogens is 1. The Morgan fingerprint density at radius 3 is 3.14 bits per heavy atom. The molecule has 0 radical (unpaired) electrons. The first-order chi connectivity index (χ1) is 6.86. The Kier molecular flexibility index (Phi) is 1.39. The minimum atomic E-state index is 0.203. The largest absolute Gasteiger partial charge is 0.313 e. The lowest BCUT2D eigenvalue weighted by Gasteiger charge is -2.05. The zero-order valence-electron chi connectivity index (χ0n) is 7.60. The lowest BCUT2D eigenvalue weighted by molar-refractivity contribution is 0.0989. The van der Waals surface area contributed by atoms with Gasteiger partial charge in [0.2, 0.25) is 0 Å². The fourth-order valence-electron chi connectivity index (χ4n) is 1.96. The summed E-state index contributed by atoms with van der Waals surface area (Å²) < 4.78 is 1.96. The number of carbonyl (C=O) groups excluding carboxylic acids is 1. The molecule has 1 aliphatic rings. The molecule has 0 atom stereocenters. The highest BCUT2D eigenvalue weighted by atomic mass is 16.1. The predicted octanol–water partition coefficient (Wildman–Crippen LogP) is 2.54. The summed E-state index contributed by atoms with van der Waals surface area (Å²) in [5.74, 6) is 0.203. The van der Waals surface area contributed by atoms with Gasteiger partial charge < -0.3 is 4.40 Å². The van der Waals surface area contributed by atoms with Gasteiger partial charge in [0.1, 0.15) is 0 Å². The summed E-state index contributed by atoms with van der Waals surface area (Å²) in [5, 5.41) is 0. The highest BCUT2D eigenvalue weighted by molar-refractivity contribution is 6.02. The van der Waals surface area contributed by atoms with Crippen LogP contribution in [0.5, 0.6) is 0 Å². The van der Waals surface area contributed by atoms with Gasteiger partial charge in [-0.15, -0.1) is 0 Å². The number of carbonyl (C=O) groups is 1. The van der Waals surface area contributed by atoms with Crippen molar-refractivity contribution in [3.8, 4) is 0 Å². The molecule has 14 heavy (non-hydrogen) atoms. The molecule has 2 heterocycles. The van der Waals surface area contributed by atoms with Crippen molar-refractivity contribution < 1.29 is 4.79 Å². The molecule has 0 spiro atoms. The van der Waals surface area contributed by atoms with Gasteiger partial charge in [-0.1, -0.05) is 18.2 Å². The number of nitrogens with zero attached hydrogens (tertiary/aromatic N) is 1. The van der Waals surface area contributed by atoms with Crippen molar-refractivity contribution >= 4 is 17.4 Å². The Labute approximate surface area is 81.5 Å². The zero-order chi connectivity index (χ0) is 9.54. The van der Waals surface area contributed by atoms with Crippen molar-refractivity contribution in [1.82, 2.24) is 4.40 Å². The van der Waals surface area contributed by atoms with Crippen LogP contribution in [-0.2, 0) is 0 Å². The predicted molar refractivity (Wildman–Crippen MR) is 55.4 cm³/mol. The van der Waals surface area contributed by atoms with Gasteiger partial charge in [-0.05, 0) is 18.2 Å². The minimum absolute atomic E-state index is 0.203. The third-order valence-electron chi connectivity index (χ3n) is 2.57. The molecule has 0 fully saturated rings. The molecule has 2 nitrogen and oxygen atoms in total. The van der Waals surface area contributed by atoms with Crippen molar-refractivity contribution in [2.45, 2.75) is 6.42 Å². The van der Waals surface area contributed by atoms with E-state index in [1.54, 1.807) is 0 Å². The number of fused-ring (bicyclic) bond motifs is 3. The van der Waals surface area contributed by atoms with Crippen LogP contribution in [0.2, 0.25) is 0 Å². The van der Waals surface area contributed by atoms with Crippen molar-refractivity contribution in [1.29, 1.82) is 0 Å². The average molecular weight is 183 g/mol. The standard InChI is InChI=1S/C12H9NO/c14-11-6-3-4-9-8-10-5-1-2-7-13(10)12(9)11/h1-5,7-8H,6H2. The van der Waals surface area contributed by atoms with E-state index in [0.29, 0.717) is 6.42 Å². The second kappa shape index (κ2) is 2.58. The molecule has 0 aliphatic heterocycles. The van der Waals surface area contributed by atoms with Crippen LogP contribution in [0.3, 0.4) is 0 Å². The van der Waals surface area contributed by atoms with Crippen LogP contribution >= 0.6 is 0 Å². The Bertz CT molecular complexity index is 548. The van der Waals surface area contributed by atoms with Gasteiger partial charge in [0.25, 0.3) is 0 Å². The lowest BCUT2D eigenvalue weighted by Crippen LogP contribution is -2.06. The summed E-state index contributed by atoms with van der Waals surface area (Å²) in [7, 11) is 0. The first-order valence-electron chi connectivity index (χ1n) is 4.66. The molecular formula is C12H9NO. The lowest BCUT2D eigenvalue weighted by atomic mass is 10.0. The van der Waals surface area contributed by atoms with Crippen LogP contribution in [0, 0.1) is 0 Å². The molecule has 68 valence electrons. The van der Waals surface area contributed by atoms with E-state index in [4.69, 9.17) is 0 Å². The number of allylic oxidation sites excluding steroid dienone is 1. The molecule has 0 aromatic carbocycles. The molecular weight excluding hydrogens is 174 g/mol. The fraction of sp³-hybridized carbons (Fsp3) is 0.0833. The third-order valence-corrected chi connectivity index (χ3v) is 2.57.